The maximum Gasteiger partial charge on any atom is 0.502 e. The van der Waals surface area contributed by atoms with Gasteiger partial charge in [-0.05, 0) is 20.8 Å². The van der Waals surface area contributed by atoms with E-state index >= 15 is 0 Å². The lowest BCUT2D eigenvalue weighted by atomic mass is 10.4. The topological polar surface area (TPSA) is 56.8 Å². The van der Waals surface area contributed by atoms with Gasteiger partial charge in [0.2, 0.25) is 5.91 Å². The molecule has 0 bridgehead atoms. The van der Waals surface area contributed by atoms with Crippen molar-refractivity contribution in [3.8, 4) is 0 Å². The van der Waals surface area contributed by atoms with Crippen molar-refractivity contribution >= 4 is 26.3 Å². The molecule has 7 heteroatoms. The Morgan fingerprint density at radius 2 is 1.61 bits per heavy atom. The summed E-state index contributed by atoms with van der Waals surface area (Å²) in [4.78, 5) is 10.8. The highest BCUT2D eigenvalue weighted by Gasteiger charge is 2.42. The zero-order valence-corrected chi connectivity index (χ0v) is 13.4. The quantitative estimate of drug-likeness (QED) is 0.493. The van der Waals surface area contributed by atoms with Crippen LogP contribution in [0.4, 0.5) is 0 Å². The van der Waals surface area contributed by atoms with Gasteiger partial charge in [-0.1, -0.05) is 0 Å². The van der Waals surface area contributed by atoms with Crippen LogP contribution in [0.2, 0.25) is 6.04 Å². The molecular weight excluding hydrogens is 274 g/mol. The second-order valence-electron chi connectivity index (χ2n) is 3.72. The maximum absolute atomic E-state index is 10.8. The monoisotopic (exact) mass is 297 g/mol. The molecule has 0 radical (unpaired) electrons. The highest BCUT2D eigenvalue weighted by molar-refractivity contribution is 6.61. The van der Waals surface area contributed by atoms with Gasteiger partial charge in [-0.15, -0.1) is 11.6 Å². The van der Waals surface area contributed by atoms with Crippen molar-refractivity contribution in [1.82, 2.24) is 5.32 Å². The summed E-state index contributed by atoms with van der Waals surface area (Å²) in [5, 5.41) is 2.42. The molecule has 0 fully saturated rings. The minimum absolute atomic E-state index is 0.0999. The number of hydrogen-bond acceptors (Lipinski definition) is 4. The normalized spacial score (nSPS) is 13.4. The molecule has 0 aliphatic rings. The van der Waals surface area contributed by atoms with Crippen molar-refractivity contribution in [2.45, 2.75) is 39.1 Å². The van der Waals surface area contributed by atoms with E-state index in [0.717, 1.165) is 0 Å². The molecule has 5 nitrogen and oxygen atoms in total. The summed E-state index contributed by atoms with van der Waals surface area (Å²) in [6.45, 7) is 9.12. The lowest BCUT2D eigenvalue weighted by molar-refractivity contribution is -0.118. The van der Waals surface area contributed by atoms with E-state index < -0.39 is 8.80 Å². The third kappa shape index (κ3) is 7.33. The van der Waals surface area contributed by atoms with Crippen molar-refractivity contribution in [3.05, 3.63) is 0 Å². The summed E-state index contributed by atoms with van der Waals surface area (Å²) in [5.74, 6) is -0.0999. The molecule has 0 aromatic carbocycles. The fourth-order valence-electron chi connectivity index (χ4n) is 1.56. The van der Waals surface area contributed by atoms with Gasteiger partial charge in [-0.25, -0.2) is 0 Å². The van der Waals surface area contributed by atoms with Gasteiger partial charge >= 0.3 is 8.80 Å². The van der Waals surface area contributed by atoms with E-state index in [-0.39, 0.29) is 11.3 Å². The number of carbonyl (C=O) groups excluding carboxylic acids is 1. The van der Waals surface area contributed by atoms with E-state index in [4.69, 9.17) is 24.9 Å². The lowest BCUT2D eigenvalue weighted by Crippen LogP contribution is -2.49. The van der Waals surface area contributed by atoms with Crippen LogP contribution < -0.4 is 5.32 Å². The van der Waals surface area contributed by atoms with Crippen molar-refractivity contribution in [3.63, 3.8) is 0 Å². The summed E-state index contributed by atoms with van der Waals surface area (Å²) in [6.07, 6.45) is 0. The lowest BCUT2D eigenvalue weighted by Gasteiger charge is -2.30. The van der Waals surface area contributed by atoms with Crippen LogP contribution in [0, 0.1) is 0 Å². The Morgan fingerprint density at radius 3 is 1.94 bits per heavy atom. The molecule has 1 amide bonds. The van der Waals surface area contributed by atoms with Crippen molar-refractivity contribution in [1.29, 1.82) is 0 Å². The summed E-state index contributed by atoms with van der Waals surface area (Å²) < 4.78 is 17.1. The average Bonchev–Trinajstić information content (AvgIpc) is 2.27. The Morgan fingerprint density at radius 1 is 1.17 bits per heavy atom. The third-order valence-electron chi connectivity index (χ3n) is 2.14. The van der Waals surface area contributed by atoms with Crippen LogP contribution >= 0.6 is 11.6 Å². The summed E-state index contributed by atoms with van der Waals surface area (Å²) in [5.41, 5.74) is 0. The van der Waals surface area contributed by atoms with E-state index in [1.165, 1.54) is 6.92 Å². The second kappa shape index (κ2) is 9.74. The highest BCUT2D eigenvalue weighted by Crippen LogP contribution is 2.20. The van der Waals surface area contributed by atoms with E-state index in [2.05, 4.69) is 5.32 Å². The predicted molar refractivity (Wildman–Crippen MR) is 73.8 cm³/mol. The van der Waals surface area contributed by atoms with Gasteiger partial charge in [0.15, 0.2) is 0 Å². The van der Waals surface area contributed by atoms with Crippen LogP contribution in [0.5, 0.6) is 0 Å². The minimum Gasteiger partial charge on any atom is -0.374 e. The van der Waals surface area contributed by atoms with Gasteiger partial charge in [-0.3, -0.25) is 4.79 Å². The number of halogens is 1. The fraction of sp³-hybridized carbons (Fsp3) is 0.909. The standard InChI is InChI=1S/C11H24ClNO4Si/c1-5-15-18(16-6-2,17-7-3)9-11(12)8-13-10(4)14/h11H,5-9H2,1-4H3,(H,13,14). The number of hydrogen-bond donors (Lipinski definition) is 1. The molecular formula is C11H24ClNO4Si. The molecule has 0 aliphatic heterocycles. The molecule has 1 atom stereocenters. The van der Waals surface area contributed by atoms with E-state index in [1.54, 1.807) is 0 Å². The largest absolute Gasteiger partial charge is 0.502 e. The van der Waals surface area contributed by atoms with Crippen LogP contribution in [0.3, 0.4) is 0 Å². The SMILES string of the molecule is CCO[Si](CC(Cl)CNC(C)=O)(OCC)OCC. The van der Waals surface area contributed by atoms with Gasteiger partial charge in [0, 0.05) is 39.3 Å². The van der Waals surface area contributed by atoms with E-state index in [0.29, 0.717) is 32.4 Å². The first kappa shape index (κ1) is 17.9. The zero-order chi connectivity index (χ0) is 14.0. The maximum atomic E-state index is 10.8. The van der Waals surface area contributed by atoms with E-state index in [1.807, 2.05) is 20.8 Å². The first-order valence-corrected chi connectivity index (χ1v) is 8.66. The van der Waals surface area contributed by atoms with Crippen LogP contribution in [-0.2, 0) is 18.1 Å². The third-order valence-corrected chi connectivity index (χ3v) is 5.88. The molecule has 0 spiro atoms. The van der Waals surface area contributed by atoms with E-state index in [9.17, 15) is 4.79 Å². The van der Waals surface area contributed by atoms with Crippen molar-refractivity contribution in [2.24, 2.45) is 0 Å². The predicted octanol–water partition coefficient (Wildman–Crippen LogP) is 1.78. The number of nitrogens with one attached hydrogen (secondary N) is 1. The summed E-state index contributed by atoms with van der Waals surface area (Å²) in [7, 11) is -2.71. The summed E-state index contributed by atoms with van der Waals surface area (Å²) in [6, 6.07) is 0.490. The Kier molecular flexibility index (Phi) is 9.67. The fourth-order valence-corrected chi connectivity index (χ4v) is 4.81. The molecule has 108 valence electrons. The Hall–Kier alpha value is -0.143. The van der Waals surface area contributed by atoms with Crippen LogP contribution in [0.1, 0.15) is 27.7 Å². The van der Waals surface area contributed by atoms with Crippen molar-refractivity contribution < 1.29 is 18.1 Å². The Labute approximate surface area is 115 Å². The zero-order valence-electron chi connectivity index (χ0n) is 11.6. The molecule has 0 aromatic heterocycles. The number of rotatable bonds is 10. The Bertz CT molecular complexity index is 226. The smallest absolute Gasteiger partial charge is 0.374 e. The average molecular weight is 298 g/mol. The second-order valence-corrected chi connectivity index (χ2v) is 6.98. The molecule has 0 heterocycles. The molecule has 0 rings (SSSR count). The molecule has 0 aromatic rings. The number of amides is 1. The van der Waals surface area contributed by atoms with Crippen LogP contribution in [0.25, 0.3) is 0 Å². The van der Waals surface area contributed by atoms with Gasteiger partial charge < -0.3 is 18.6 Å². The number of alkyl halides is 1. The van der Waals surface area contributed by atoms with Gasteiger partial charge in [0.1, 0.15) is 0 Å². The minimum atomic E-state index is -2.71. The molecule has 1 N–H and O–H groups in total. The molecule has 0 saturated heterocycles. The highest BCUT2D eigenvalue weighted by atomic mass is 35.5. The van der Waals surface area contributed by atoms with Crippen LogP contribution in [0.15, 0.2) is 0 Å². The van der Waals surface area contributed by atoms with Crippen molar-refractivity contribution in [2.75, 3.05) is 26.4 Å². The molecule has 0 aliphatic carbocycles. The number of carbonyl (C=O) groups is 1. The molecule has 0 saturated carbocycles. The molecule has 18 heavy (non-hydrogen) atoms. The van der Waals surface area contributed by atoms with Gasteiger partial charge in [-0.2, -0.15) is 0 Å². The Balaban J connectivity index is 4.47. The molecule has 1 unspecified atom stereocenters. The van der Waals surface area contributed by atoms with Crippen LogP contribution in [-0.4, -0.2) is 46.5 Å². The van der Waals surface area contributed by atoms with Gasteiger partial charge in [0.25, 0.3) is 0 Å². The first-order chi connectivity index (χ1) is 8.49. The summed E-state index contributed by atoms with van der Waals surface area (Å²) >= 11 is 6.20. The first-order valence-electron chi connectivity index (χ1n) is 6.30. The van der Waals surface area contributed by atoms with Gasteiger partial charge in [0.05, 0.1) is 5.38 Å².